The Labute approximate surface area is 177 Å². The maximum Gasteiger partial charge on any atom is 0.226 e. The van der Waals surface area contributed by atoms with Crippen molar-refractivity contribution in [2.24, 2.45) is 23.2 Å². The molecule has 6 nitrogen and oxygen atoms in total. The van der Waals surface area contributed by atoms with Crippen LogP contribution in [0.2, 0.25) is 0 Å². The fraction of sp³-hybridized carbons (Fsp3) is 0.625. The normalized spacial score (nSPS) is 34.7. The number of anilines is 2. The first-order valence-electron chi connectivity index (χ1n) is 11.4. The molecule has 2 amide bonds. The molecule has 4 aliphatic carbocycles. The zero-order chi connectivity index (χ0) is 20.9. The van der Waals surface area contributed by atoms with Gasteiger partial charge in [0.25, 0.3) is 0 Å². The van der Waals surface area contributed by atoms with E-state index in [0.717, 1.165) is 69.4 Å². The van der Waals surface area contributed by atoms with Crippen molar-refractivity contribution in [3.63, 3.8) is 0 Å². The third kappa shape index (κ3) is 3.50. The minimum Gasteiger partial charge on any atom is -0.369 e. The minimum absolute atomic E-state index is 0.0742. The lowest BCUT2D eigenvalue weighted by Gasteiger charge is -2.54. The molecule has 2 N–H and O–H groups in total. The molecule has 30 heavy (non-hydrogen) atoms. The van der Waals surface area contributed by atoms with Crippen LogP contribution < -0.4 is 15.5 Å². The van der Waals surface area contributed by atoms with Crippen LogP contribution in [0.15, 0.2) is 24.3 Å². The smallest absolute Gasteiger partial charge is 0.226 e. The fourth-order valence-electron chi connectivity index (χ4n) is 6.65. The fourth-order valence-corrected chi connectivity index (χ4v) is 6.65. The van der Waals surface area contributed by atoms with Crippen molar-refractivity contribution in [1.82, 2.24) is 5.32 Å². The summed E-state index contributed by atoms with van der Waals surface area (Å²) in [5.41, 5.74) is 1.61. The summed E-state index contributed by atoms with van der Waals surface area (Å²) in [6.07, 6.45) is 6.57. The van der Waals surface area contributed by atoms with Crippen molar-refractivity contribution < 1.29 is 14.4 Å². The van der Waals surface area contributed by atoms with Crippen LogP contribution in [0.1, 0.15) is 51.9 Å². The summed E-state index contributed by atoms with van der Waals surface area (Å²) in [5.74, 6) is 1.38. The number of hydrogen-bond acceptors (Lipinski definition) is 4. The predicted molar refractivity (Wildman–Crippen MR) is 115 cm³/mol. The Morgan fingerprint density at radius 2 is 1.77 bits per heavy atom. The second kappa shape index (κ2) is 7.40. The number of benzene rings is 1. The topological polar surface area (TPSA) is 78.5 Å². The molecule has 3 atom stereocenters. The number of piperidine rings is 1. The summed E-state index contributed by atoms with van der Waals surface area (Å²) in [5, 5.41) is 6.18. The van der Waals surface area contributed by atoms with Gasteiger partial charge in [-0.05, 0) is 75.1 Å². The molecule has 1 aliphatic heterocycles. The molecule has 2 unspecified atom stereocenters. The largest absolute Gasteiger partial charge is 0.369 e. The number of hydrogen-bond donors (Lipinski definition) is 2. The van der Waals surface area contributed by atoms with Gasteiger partial charge in [0.1, 0.15) is 5.78 Å². The van der Waals surface area contributed by atoms with Crippen molar-refractivity contribution in [2.75, 3.05) is 23.3 Å². The van der Waals surface area contributed by atoms with E-state index in [1.54, 1.807) is 0 Å². The number of nitrogens with one attached hydrogen (secondary N) is 2. The average Bonchev–Trinajstić information content (AvgIpc) is 2.71. The number of rotatable bonds is 4. The quantitative estimate of drug-likeness (QED) is 0.801. The lowest BCUT2D eigenvalue weighted by molar-refractivity contribution is -0.157. The van der Waals surface area contributed by atoms with E-state index < -0.39 is 0 Å². The first-order valence-corrected chi connectivity index (χ1v) is 11.4. The average molecular weight is 410 g/mol. The Morgan fingerprint density at radius 1 is 1.07 bits per heavy atom. The van der Waals surface area contributed by atoms with Crippen molar-refractivity contribution in [1.29, 1.82) is 0 Å². The summed E-state index contributed by atoms with van der Waals surface area (Å²) in [4.78, 5) is 39.4. The van der Waals surface area contributed by atoms with Crippen molar-refractivity contribution in [2.45, 2.75) is 57.9 Å². The lowest BCUT2D eigenvalue weighted by atomic mass is 9.49. The SMILES string of the molecule is CC(=O)Nc1ccc(N2CCC[C@H](NC(=O)C34CC5CC(C3)C(=O)C(C5)C4)C2)cc1. The molecule has 1 saturated heterocycles. The van der Waals surface area contributed by atoms with Gasteiger partial charge in [-0.15, -0.1) is 0 Å². The Balaban J connectivity index is 1.23. The number of carbonyl (C=O) groups excluding carboxylic acids is 3. The van der Waals surface area contributed by atoms with Crippen molar-refractivity contribution in [3.05, 3.63) is 24.3 Å². The van der Waals surface area contributed by atoms with Gasteiger partial charge in [0.05, 0.1) is 5.41 Å². The predicted octanol–water partition coefficient (Wildman–Crippen LogP) is 3.13. The van der Waals surface area contributed by atoms with E-state index in [0.29, 0.717) is 11.7 Å². The van der Waals surface area contributed by atoms with Crippen LogP contribution in [0.3, 0.4) is 0 Å². The van der Waals surface area contributed by atoms with Crippen molar-refractivity contribution in [3.8, 4) is 0 Å². The molecule has 160 valence electrons. The standard InChI is InChI=1S/C24H31N3O3/c1-15(28)25-19-4-6-21(7-5-19)27-8-2-3-20(14-27)26-23(30)24-11-16-9-17(12-24)22(29)18(10-16)13-24/h4-7,16-18,20H,2-3,8-14H2,1H3,(H,25,28)(H,26,30)/t16?,17?,18?,20-,24?/m0/s1. The van der Waals surface area contributed by atoms with Crippen LogP contribution >= 0.6 is 0 Å². The second-order valence-corrected chi connectivity index (χ2v) is 10.0. The lowest BCUT2D eigenvalue weighted by Crippen LogP contribution is -2.59. The molecule has 5 fully saturated rings. The molecule has 0 radical (unpaired) electrons. The molecule has 1 aromatic rings. The first kappa shape index (κ1) is 19.6. The van der Waals surface area contributed by atoms with Gasteiger partial charge in [-0.1, -0.05) is 0 Å². The molecule has 6 rings (SSSR count). The van der Waals surface area contributed by atoms with Crippen molar-refractivity contribution >= 4 is 29.0 Å². The van der Waals surface area contributed by atoms with Crippen LogP contribution in [0.5, 0.6) is 0 Å². The van der Waals surface area contributed by atoms with Gasteiger partial charge in [0.2, 0.25) is 11.8 Å². The van der Waals surface area contributed by atoms with Gasteiger partial charge in [-0.3, -0.25) is 14.4 Å². The second-order valence-electron chi connectivity index (χ2n) is 10.0. The summed E-state index contributed by atoms with van der Waals surface area (Å²) < 4.78 is 0. The Kier molecular flexibility index (Phi) is 4.83. The summed E-state index contributed by atoms with van der Waals surface area (Å²) >= 11 is 0. The number of amides is 2. The zero-order valence-corrected chi connectivity index (χ0v) is 17.7. The van der Waals surface area contributed by atoms with Gasteiger partial charge in [0, 0.05) is 49.3 Å². The van der Waals surface area contributed by atoms with Gasteiger partial charge < -0.3 is 15.5 Å². The van der Waals surface area contributed by atoms with E-state index in [2.05, 4.69) is 15.5 Å². The Hall–Kier alpha value is -2.37. The van der Waals surface area contributed by atoms with Crippen LogP contribution in [0.25, 0.3) is 0 Å². The summed E-state index contributed by atoms with van der Waals surface area (Å²) in [6.45, 7) is 3.28. The Bertz CT molecular complexity index is 847. The van der Waals surface area contributed by atoms with Crippen LogP contribution in [0.4, 0.5) is 11.4 Å². The van der Waals surface area contributed by atoms with Gasteiger partial charge >= 0.3 is 0 Å². The van der Waals surface area contributed by atoms with E-state index >= 15 is 0 Å². The highest BCUT2D eigenvalue weighted by Gasteiger charge is 2.58. The molecule has 1 heterocycles. The third-order valence-corrected chi connectivity index (χ3v) is 7.79. The highest BCUT2D eigenvalue weighted by atomic mass is 16.2. The van der Waals surface area contributed by atoms with Crippen LogP contribution in [-0.2, 0) is 14.4 Å². The maximum atomic E-state index is 13.4. The first-order chi connectivity index (χ1) is 14.4. The molecule has 4 saturated carbocycles. The van der Waals surface area contributed by atoms with Gasteiger partial charge in [0.15, 0.2) is 0 Å². The Morgan fingerprint density at radius 3 is 2.43 bits per heavy atom. The number of Topliss-reactive ketones (excluding diaryl/α,β-unsaturated/α-hetero) is 1. The van der Waals surface area contributed by atoms with Gasteiger partial charge in [-0.2, -0.15) is 0 Å². The maximum absolute atomic E-state index is 13.4. The molecular weight excluding hydrogens is 378 g/mol. The summed E-state index contributed by atoms with van der Waals surface area (Å²) in [7, 11) is 0. The number of ketones is 1. The van der Waals surface area contributed by atoms with E-state index in [1.807, 2.05) is 24.3 Å². The van der Waals surface area contributed by atoms with E-state index in [-0.39, 0.29) is 35.1 Å². The molecular formula is C24H31N3O3. The molecule has 4 bridgehead atoms. The molecule has 0 aromatic heterocycles. The molecule has 0 spiro atoms. The van der Waals surface area contributed by atoms with Gasteiger partial charge in [-0.25, -0.2) is 0 Å². The third-order valence-electron chi connectivity index (χ3n) is 7.79. The van der Waals surface area contributed by atoms with E-state index in [9.17, 15) is 14.4 Å². The molecule has 6 heteroatoms. The molecule has 5 aliphatic rings. The minimum atomic E-state index is -0.299. The van der Waals surface area contributed by atoms with Crippen LogP contribution in [0, 0.1) is 23.2 Å². The van der Waals surface area contributed by atoms with Crippen LogP contribution in [-0.4, -0.2) is 36.7 Å². The highest BCUT2D eigenvalue weighted by Crippen LogP contribution is 2.58. The number of carbonyl (C=O) groups is 3. The monoisotopic (exact) mass is 409 g/mol. The zero-order valence-electron chi connectivity index (χ0n) is 17.7. The summed E-state index contributed by atoms with van der Waals surface area (Å²) in [6, 6.07) is 8.04. The molecule has 1 aromatic carbocycles. The highest BCUT2D eigenvalue weighted by molar-refractivity contribution is 5.91. The number of nitrogens with zero attached hydrogens (tertiary/aromatic N) is 1. The van der Waals surface area contributed by atoms with E-state index in [4.69, 9.17) is 0 Å². The van der Waals surface area contributed by atoms with E-state index in [1.165, 1.54) is 6.92 Å².